The Morgan fingerprint density at radius 2 is 1.82 bits per heavy atom. The highest BCUT2D eigenvalue weighted by atomic mass is 79.9. The van der Waals surface area contributed by atoms with Crippen molar-refractivity contribution >= 4 is 39.9 Å². The summed E-state index contributed by atoms with van der Waals surface area (Å²) in [6, 6.07) is 11.2. The van der Waals surface area contributed by atoms with E-state index in [1.165, 1.54) is 20.4 Å². The van der Waals surface area contributed by atoms with Crippen molar-refractivity contribution < 1.29 is 28.6 Å². The maximum absolute atomic E-state index is 12.6. The highest BCUT2D eigenvalue weighted by molar-refractivity contribution is 9.10. The van der Waals surface area contributed by atoms with Crippen LogP contribution in [0.25, 0.3) is 0 Å². The molecule has 0 saturated heterocycles. The van der Waals surface area contributed by atoms with Crippen LogP contribution in [0.1, 0.15) is 29.8 Å². The Labute approximate surface area is 200 Å². The van der Waals surface area contributed by atoms with Crippen LogP contribution in [0, 0.1) is 5.92 Å². The van der Waals surface area contributed by atoms with Crippen LogP contribution in [0.15, 0.2) is 52.0 Å². The Kier molecular flexibility index (Phi) is 9.86. The number of amides is 2. The molecule has 0 aliphatic carbocycles. The first-order chi connectivity index (χ1) is 15.8. The molecule has 2 aromatic carbocycles. The van der Waals surface area contributed by atoms with E-state index in [0.29, 0.717) is 27.1 Å². The fourth-order valence-electron chi connectivity index (χ4n) is 2.73. The lowest BCUT2D eigenvalue weighted by molar-refractivity contribution is -0.143. The molecule has 0 heterocycles. The minimum atomic E-state index is -0.773. The summed E-state index contributed by atoms with van der Waals surface area (Å²) < 4.78 is 15.8. The first kappa shape index (κ1) is 25.9. The normalized spacial score (nSPS) is 11.7. The Bertz CT molecular complexity index is 1010. The van der Waals surface area contributed by atoms with Crippen molar-refractivity contribution in [2.75, 3.05) is 20.8 Å². The van der Waals surface area contributed by atoms with Crippen LogP contribution >= 0.6 is 15.9 Å². The molecule has 0 radical (unpaired) electrons. The van der Waals surface area contributed by atoms with Gasteiger partial charge in [0, 0.05) is 5.56 Å². The second kappa shape index (κ2) is 12.6. The Hall–Kier alpha value is -3.40. The second-order valence-electron chi connectivity index (χ2n) is 7.19. The minimum absolute atomic E-state index is 0.159. The summed E-state index contributed by atoms with van der Waals surface area (Å²) in [5.74, 6) is -0.798. The molecule has 176 valence electrons. The van der Waals surface area contributed by atoms with Crippen LogP contribution < -0.4 is 20.2 Å². The molecule has 0 bridgehead atoms. The average molecular weight is 520 g/mol. The molecule has 10 heteroatoms. The Balaban J connectivity index is 2.07. The number of ether oxygens (including phenoxy) is 3. The van der Waals surface area contributed by atoms with Crippen LogP contribution in [0.3, 0.4) is 0 Å². The number of nitrogens with zero attached hydrogens (tertiary/aromatic N) is 1. The van der Waals surface area contributed by atoms with Crippen molar-refractivity contribution in [2.45, 2.75) is 19.9 Å². The molecular weight excluding hydrogens is 494 g/mol. The zero-order valence-corrected chi connectivity index (χ0v) is 20.3. The lowest BCUT2D eigenvalue weighted by Gasteiger charge is -2.20. The zero-order valence-electron chi connectivity index (χ0n) is 18.8. The predicted octanol–water partition coefficient (Wildman–Crippen LogP) is 2.91. The smallest absolute Gasteiger partial charge is 0.343 e. The van der Waals surface area contributed by atoms with E-state index in [0.717, 1.165) is 0 Å². The van der Waals surface area contributed by atoms with Crippen LogP contribution in [-0.4, -0.2) is 50.9 Å². The molecule has 1 unspecified atom stereocenters. The molecule has 0 saturated carbocycles. The lowest BCUT2D eigenvalue weighted by atomic mass is 10.0. The Morgan fingerprint density at radius 1 is 1.12 bits per heavy atom. The van der Waals surface area contributed by atoms with Gasteiger partial charge in [-0.15, -0.1) is 0 Å². The molecule has 9 nitrogen and oxygen atoms in total. The minimum Gasteiger partial charge on any atom is -0.493 e. The van der Waals surface area contributed by atoms with E-state index in [2.05, 4.69) is 36.5 Å². The van der Waals surface area contributed by atoms with Crippen molar-refractivity contribution in [1.29, 1.82) is 0 Å². The van der Waals surface area contributed by atoms with Crippen molar-refractivity contribution in [3.63, 3.8) is 0 Å². The highest BCUT2D eigenvalue weighted by Gasteiger charge is 2.24. The fourth-order valence-corrected chi connectivity index (χ4v) is 3.31. The van der Waals surface area contributed by atoms with E-state index >= 15 is 0 Å². The molecule has 0 aliphatic rings. The lowest BCUT2D eigenvalue weighted by Crippen LogP contribution is -2.48. The number of carbonyl (C=O) groups is 3. The topological polar surface area (TPSA) is 115 Å². The van der Waals surface area contributed by atoms with Gasteiger partial charge >= 0.3 is 5.97 Å². The molecule has 2 N–H and O–H groups in total. The molecule has 1 atom stereocenters. The number of esters is 1. The zero-order chi connectivity index (χ0) is 24.4. The summed E-state index contributed by atoms with van der Waals surface area (Å²) in [6.07, 6.45) is 1.42. The highest BCUT2D eigenvalue weighted by Crippen LogP contribution is 2.36. The summed E-state index contributed by atoms with van der Waals surface area (Å²) in [4.78, 5) is 36.4. The van der Waals surface area contributed by atoms with Gasteiger partial charge in [0.1, 0.15) is 6.04 Å². The molecule has 0 spiro atoms. The van der Waals surface area contributed by atoms with Gasteiger partial charge < -0.3 is 19.5 Å². The molecule has 0 fully saturated rings. The standard InChI is InChI=1S/C23H26BrN3O6/c1-14(2)20(26-22(29)16-8-6-5-7-9-16)23(30)27-25-12-15-10-17(24)21(18(11-15)31-3)33-13-19(28)32-4/h5-12,14,20H,13H2,1-4H3,(H,26,29)(H,27,30). The average Bonchev–Trinajstić information content (AvgIpc) is 2.81. The Morgan fingerprint density at radius 3 is 2.42 bits per heavy atom. The van der Waals surface area contributed by atoms with E-state index < -0.39 is 17.9 Å². The number of carbonyl (C=O) groups excluding carboxylic acids is 3. The van der Waals surface area contributed by atoms with E-state index in [1.807, 2.05) is 19.9 Å². The van der Waals surface area contributed by atoms with Gasteiger partial charge in [-0.05, 0) is 51.7 Å². The number of methoxy groups -OCH3 is 2. The summed E-state index contributed by atoms with van der Waals surface area (Å²) >= 11 is 3.37. The number of halogens is 1. The van der Waals surface area contributed by atoms with E-state index in [-0.39, 0.29) is 18.4 Å². The van der Waals surface area contributed by atoms with Gasteiger partial charge in [0.2, 0.25) is 0 Å². The third kappa shape index (κ3) is 7.60. The van der Waals surface area contributed by atoms with Gasteiger partial charge in [0.15, 0.2) is 18.1 Å². The third-order valence-electron chi connectivity index (χ3n) is 4.47. The third-order valence-corrected chi connectivity index (χ3v) is 5.06. The van der Waals surface area contributed by atoms with Gasteiger partial charge in [0.25, 0.3) is 11.8 Å². The SMILES string of the molecule is COC(=O)COc1c(Br)cc(C=NNC(=O)C(NC(=O)c2ccccc2)C(C)C)cc1OC. The van der Waals surface area contributed by atoms with Crippen LogP contribution in [0.4, 0.5) is 0 Å². The van der Waals surface area contributed by atoms with E-state index in [1.54, 1.807) is 36.4 Å². The number of benzene rings is 2. The molecule has 0 aliphatic heterocycles. The summed E-state index contributed by atoms with van der Waals surface area (Å²) in [5.41, 5.74) is 3.52. The first-order valence-electron chi connectivity index (χ1n) is 10.0. The van der Waals surface area contributed by atoms with Gasteiger partial charge in [-0.3, -0.25) is 9.59 Å². The summed E-state index contributed by atoms with van der Waals surface area (Å²) in [7, 11) is 2.72. The van der Waals surface area contributed by atoms with Gasteiger partial charge in [-0.1, -0.05) is 32.0 Å². The second-order valence-corrected chi connectivity index (χ2v) is 8.05. The number of hydrogen-bond donors (Lipinski definition) is 2. The monoisotopic (exact) mass is 519 g/mol. The molecule has 2 rings (SSSR count). The van der Waals surface area contributed by atoms with Crippen molar-refractivity contribution in [2.24, 2.45) is 11.0 Å². The van der Waals surface area contributed by atoms with Crippen LogP contribution in [0.5, 0.6) is 11.5 Å². The van der Waals surface area contributed by atoms with Crippen LogP contribution in [-0.2, 0) is 14.3 Å². The van der Waals surface area contributed by atoms with Crippen molar-refractivity contribution in [1.82, 2.24) is 10.7 Å². The molecule has 0 aromatic heterocycles. The molecule has 2 aromatic rings. The number of rotatable bonds is 10. The number of nitrogens with one attached hydrogen (secondary N) is 2. The first-order valence-corrected chi connectivity index (χ1v) is 10.8. The largest absolute Gasteiger partial charge is 0.493 e. The van der Waals surface area contributed by atoms with Gasteiger partial charge in [-0.25, -0.2) is 10.2 Å². The summed E-state index contributed by atoms with van der Waals surface area (Å²) in [6.45, 7) is 3.38. The molecule has 2 amide bonds. The molecular formula is C23H26BrN3O6. The molecule has 33 heavy (non-hydrogen) atoms. The van der Waals surface area contributed by atoms with Gasteiger partial charge in [0.05, 0.1) is 24.9 Å². The fraction of sp³-hybridized carbons (Fsp3) is 0.304. The van der Waals surface area contributed by atoms with E-state index in [9.17, 15) is 14.4 Å². The predicted molar refractivity (Wildman–Crippen MR) is 126 cm³/mol. The number of hydrogen-bond acceptors (Lipinski definition) is 7. The van der Waals surface area contributed by atoms with E-state index in [4.69, 9.17) is 9.47 Å². The maximum Gasteiger partial charge on any atom is 0.343 e. The van der Waals surface area contributed by atoms with Gasteiger partial charge in [-0.2, -0.15) is 5.10 Å². The van der Waals surface area contributed by atoms with Crippen LogP contribution in [0.2, 0.25) is 0 Å². The van der Waals surface area contributed by atoms with Crippen molar-refractivity contribution in [3.05, 3.63) is 58.1 Å². The summed E-state index contributed by atoms with van der Waals surface area (Å²) in [5, 5.41) is 6.73. The quantitative estimate of drug-likeness (QED) is 0.283. The maximum atomic E-state index is 12.6. The van der Waals surface area contributed by atoms with Crippen molar-refractivity contribution in [3.8, 4) is 11.5 Å². The number of hydrazone groups is 1.